The van der Waals surface area contributed by atoms with E-state index >= 15 is 0 Å². The van der Waals surface area contributed by atoms with Gasteiger partial charge in [0.25, 0.3) is 0 Å². The molecule has 0 bridgehead atoms. The van der Waals surface area contributed by atoms with E-state index in [0.29, 0.717) is 11.6 Å². The van der Waals surface area contributed by atoms with E-state index in [4.69, 9.17) is 4.74 Å². The van der Waals surface area contributed by atoms with Gasteiger partial charge in [0.2, 0.25) is 5.91 Å². The maximum absolute atomic E-state index is 12.9. The zero-order valence-corrected chi connectivity index (χ0v) is 21.0. The number of likely N-dealkylation sites (tertiary alicyclic amines) is 1. The highest BCUT2D eigenvalue weighted by Gasteiger charge is 2.18. The molecule has 0 N–H and O–H groups in total. The second kappa shape index (κ2) is 12.1. The van der Waals surface area contributed by atoms with Gasteiger partial charge in [-0.15, -0.1) is 11.3 Å². The summed E-state index contributed by atoms with van der Waals surface area (Å²) >= 11 is 1.47. The molecule has 1 fully saturated rings. The first kappa shape index (κ1) is 24.4. The van der Waals surface area contributed by atoms with Crippen LogP contribution in [-0.2, 0) is 11.2 Å². The number of pyridine rings is 1. The number of hydrogen-bond donors (Lipinski definition) is 0. The van der Waals surface area contributed by atoms with Crippen molar-refractivity contribution in [1.29, 1.82) is 0 Å². The molecule has 34 heavy (non-hydrogen) atoms. The maximum Gasteiger partial charge on any atom is 0.232 e. The van der Waals surface area contributed by atoms with Gasteiger partial charge in [-0.25, -0.2) is 4.98 Å². The summed E-state index contributed by atoms with van der Waals surface area (Å²) < 4.78 is 6.01. The number of carbonyl (C=O) groups is 1. The molecule has 180 valence electrons. The highest BCUT2D eigenvalue weighted by Crippen LogP contribution is 2.27. The van der Waals surface area contributed by atoms with Crippen molar-refractivity contribution in [3.63, 3.8) is 0 Å². The molecule has 6 nitrogen and oxygen atoms in total. The van der Waals surface area contributed by atoms with Gasteiger partial charge in [0.1, 0.15) is 5.75 Å². The molecule has 1 saturated heterocycles. The molecule has 2 aromatic heterocycles. The van der Waals surface area contributed by atoms with Crippen molar-refractivity contribution < 1.29 is 9.53 Å². The number of likely N-dealkylation sites (N-methyl/N-ethyl adjacent to an activating group) is 1. The number of anilines is 1. The first-order valence-corrected chi connectivity index (χ1v) is 13.1. The number of aromatic nitrogens is 2. The summed E-state index contributed by atoms with van der Waals surface area (Å²) in [5, 5.41) is 2.66. The Bertz CT molecular complexity index is 1050. The first-order chi connectivity index (χ1) is 16.6. The second-order valence-electron chi connectivity index (χ2n) is 8.90. The third-order valence-electron chi connectivity index (χ3n) is 6.56. The Morgan fingerprint density at radius 3 is 2.76 bits per heavy atom. The topological polar surface area (TPSA) is 58.6 Å². The molecule has 0 atom stereocenters. The van der Waals surface area contributed by atoms with Crippen molar-refractivity contribution in [2.75, 3.05) is 38.2 Å². The standard InChI is InChI=1S/C27H34N4O2S/c1-3-31-15-11-21(12-16-31)7-5-17-33-24-8-4-6-22(18-24)19-26(32)30(2)27-29-25(20-34-27)23-9-13-28-14-10-23/h4,6,8-10,13-14,18,20-21H,3,5,7,11-12,15-17,19H2,1-2H3. The molecule has 3 aromatic rings. The molecule has 7 heteroatoms. The Kier molecular flexibility index (Phi) is 8.66. The number of rotatable bonds is 10. The molecule has 1 aliphatic rings. The molecular formula is C27H34N4O2S. The monoisotopic (exact) mass is 478 g/mol. The molecule has 0 spiro atoms. The number of benzene rings is 1. The largest absolute Gasteiger partial charge is 0.494 e. The van der Waals surface area contributed by atoms with Gasteiger partial charge in [0.15, 0.2) is 5.13 Å². The van der Waals surface area contributed by atoms with Gasteiger partial charge >= 0.3 is 0 Å². The van der Waals surface area contributed by atoms with E-state index in [9.17, 15) is 4.79 Å². The zero-order chi connectivity index (χ0) is 23.8. The van der Waals surface area contributed by atoms with Gasteiger partial charge < -0.3 is 9.64 Å². The van der Waals surface area contributed by atoms with Gasteiger partial charge in [-0.1, -0.05) is 19.1 Å². The van der Waals surface area contributed by atoms with Crippen LogP contribution in [0.1, 0.15) is 38.2 Å². The fourth-order valence-electron chi connectivity index (χ4n) is 4.37. The number of carbonyl (C=O) groups excluding carboxylic acids is 1. The van der Waals surface area contributed by atoms with Gasteiger partial charge in [0, 0.05) is 30.4 Å². The quantitative estimate of drug-likeness (QED) is 0.370. The SMILES string of the molecule is CCN1CCC(CCCOc2cccc(CC(=O)N(C)c3nc(-c4ccncc4)cs3)c2)CC1. The molecule has 0 radical (unpaired) electrons. The smallest absolute Gasteiger partial charge is 0.232 e. The average Bonchev–Trinajstić information content (AvgIpc) is 3.38. The lowest BCUT2D eigenvalue weighted by Gasteiger charge is -2.30. The van der Waals surface area contributed by atoms with Crippen molar-refractivity contribution in [3.8, 4) is 17.0 Å². The highest BCUT2D eigenvalue weighted by atomic mass is 32.1. The number of nitrogens with zero attached hydrogens (tertiary/aromatic N) is 4. The van der Waals surface area contributed by atoms with E-state index in [1.165, 1.54) is 50.2 Å². The lowest BCUT2D eigenvalue weighted by Crippen LogP contribution is -2.33. The van der Waals surface area contributed by atoms with Crippen molar-refractivity contribution in [2.24, 2.45) is 5.92 Å². The molecular weight excluding hydrogens is 444 g/mol. The molecule has 0 unspecified atom stereocenters. The number of ether oxygens (including phenoxy) is 1. The van der Waals surface area contributed by atoms with Crippen LogP contribution in [0.25, 0.3) is 11.3 Å². The van der Waals surface area contributed by atoms with Crippen LogP contribution < -0.4 is 9.64 Å². The summed E-state index contributed by atoms with van der Waals surface area (Å²) in [6, 6.07) is 11.7. The highest BCUT2D eigenvalue weighted by molar-refractivity contribution is 7.14. The Labute approximate surface area is 206 Å². The minimum absolute atomic E-state index is 0.00574. The lowest BCUT2D eigenvalue weighted by molar-refractivity contribution is -0.117. The van der Waals surface area contributed by atoms with Crippen molar-refractivity contribution in [3.05, 3.63) is 59.7 Å². The lowest BCUT2D eigenvalue weighted by atomic mass is 9.92. The number of hydrogen-bond acceptors (Lipinski definition) is 6. The van der Waals surface area contributed by atoms with Crippen LogP contribution >= 0.6 is 11.3 Å². The van der Waals surface area contributed by atoms with Gasteiger partial charge in [0.05, 0.1) is 18.7 Å². The van der Waals surface area contributed by atoms with Crippen molar-refractivity contribution >= 4 is 22.4 Å². The van der Waals surface area contributed by atoms with Crippen LogP contribution in [0.15, 0.2) is 54.2 Å². The van der Waals surface area contributed by atoms with E-state index in [1.807, 2.05) is 41.8 Å². The molecule has 0 saturated carbocycles. The Morgan fingerprint density at radius 2 is 2.00 bits per heavy atom. The summed E-state index contributed by atoms with van der Waals surface area (Å²) in [6.45, 7) is 6.60. The summed E-state index contributed by atoms with van der Waals surface area (Å²) in [7, 11) is 1.78. The fourth-order valence-corrected chi connectivity index (χ4v) is 5.19. The Morgan fingerprint density at radius 1 is 1.21 bits per heavy atom. The molecule has 3 heterocycles. The number of amides is 1. The molecule has 1 amide bonds. The number of thiazole rings is 1. The summed E-state index contributed by atoms with van der Waals surface area (Å²) in [5.41, 5.74) is 2.80. The third kappa shape index (κ3) is 6.64. The third-order valence-corrected chi connectivity index (χ3v) is 7.48. The van der Waals surface area contributed by atoms with E-state index in [0.717, 1.165) is 41.5 Å². The summed E-state index contributed by atoms with van der Waals surface area (Å²) in [5.74, 6) is 1.67. The molecule has 1 aromatic carbocycles. The molecule has 1 aliphatic heterocycles. The normalized spacial score (nSPS) is 14.8. The van der Waals surface area contributed by atoms with Crippen molar-refractivity contribution in [2.45, 2.75) is 39.0 Å². The fraction of sp³-hybridized carbons (Fsp3) is 0.444. The predicted octanol–water partition coefficient (Wildman–Crippen LogP) is 5.30. The second-order valence-corrected chi connectivity index (χ2v) is 9.73. The average molecular weight is 479 g/mol. The zero-order valence-electron chi connectivity index (χ0n) is 20.2. The molecule has 0 aliphatic carbocycles. The van der Waals surface area contributed by atoms with E-state index < -0.39 is 0 Å². The maximum atomic E-state index is 12.9. The predicted molar refractivity (Wildman–Crippen MR) is 138 cm³/mol. The van der Waals surface area contributed by atoms with Crippen LogP contribution in [0.2, 0.25) is 0 Å². The van der Waals surface area contributed by atoms with E-state index in [2.05, 4.69) is 21.8 Å². The first-order valence-electron chi connectivity index (χ1n) is 12.2. The molecule has 4 rings (SSSR count). The van der Waals surface area contributed by atoms with Crippen LogP contribution in [-0.4, -0.2) is 54.1 Å². The van der Waals surface area contributed by atoms with E-state index in [1.54, 1.807) is 24.3 Å². The number of piperidine rings is 1. The summed E-state index contributed by atoms with van der Waals surface area (Å²) in [4.78, 5) is 25.7. The van der Waals surface area contributed by atoms with Crippen LogP contribution in [0.5, 0.6) is 5.75 Å². The Hall–Kier alpha value is -2.77. The van der Waals surface area contributed by atoms with Gasteiger partial charge in [-0.3, -0.25) is 14.7 Å². The van der Waals surface area contributed by atoms with E-state index in [-0.39, 0.29) is 5.91 Å². The summed E-state index contributed by atoms with van der Waals surface area (Å²) in [6.07, 6.45) is 8.72. The minimum atomic E-state index is 0.00574. The van der Waals surface area contributed by atoms with Crippen LogP contribution in [0.3, 0.4) is 0 Å². The van der Waals surface area contributed by atoms with Crippen LogP contribution in [0.4, 0.5) is 5.13 Å². The Balaban J connectivity index is 1.24. The van der Waals surface area contributed by atoms with Crippen LogP contribution in [0, 0.1) is 5.92 Å². The van der Waals surface area contributed by atoms with Gasteiger partial charge in [-0.2, -0.15) is 0 Å². The van der Waals surface area contributed by atoms with Gasteiger partial charge in [-0.05, 0) is 81.1 Å². The van der Waals surface area contributed by atoms with Crippen molar-refractivity contribution in [1.82, 2.24) is 14.9 Å². The minimum Gasteiger partial charge on any atom is -0.494 e.